The van der Waals surface area contributed by atoms with E-state index < -0.39 is 15.9 Å². The van der Waals surface area contributed by atoms with E-state index in [0.717, 1.165) is 6.07 Å². The second kappa shape index (κ2) is 7.93. The molecule has 2 aromatic rings. The Hall–Kier alpha value is -1.31. The van der Waals surface area contributed by atoms with E-state index in [4.69, 9.17) is 34.8 Å². The second-order valence-corrected chi connectivity index (χ2v) is 8.43. The third kappa shape index (κ3) is 5.09. The zero-order valence-corrected chi connectivity index (χ0v) is 16.4. The first-order valence-electron chi connectivity index (χ1n) is 7.18. The largest absolute Gasteiger partial charge is 0.322 e. The zero-order valence-electron chi connectivity index (χ0n) is 13.3. The molecule has 0 aliphatic heterocycles. The molecule has 0 heterocycles. The predicted octanol–water partition coefficient (Wildman–Crippen LogP) is 4.59. The van der Waals surface area contributed by atoms with E-state index in [-0.39, 0.29) is 26.5 Å². The minimum absolute atomic E-state index is 0.00912. The fraction of sp³-hybridized carbons (Fsp3) is 0.188. The van der Waals surface area contributed by atoms with Crippen LogP contribution >= 0.6 is 34.8 Å². The summed E-state index contributed by atoms with van der Waals surface area (Å²) in [5.41, 5.74) is 0.482. The molecule has 0 fully saturated rings. The number of benzene rings is 2. The number of rotatable bonds is 5. The Morgan fingerprint density at radius 3 is 2.16 bits per heavy atom. The highest BCUT2D eigenvalue weighted by Crippen LogP contribution is 2.29. The lowest BCUT2D eigenvalue weighted by Crippen LogP contribution is -2.30. The molecule has 9 heteroatoms. The molecular weight excluding hydrogens is 407 g/mol. The molecule has 5 nitrogen and oxygen atoms in total. The first-order chi connectivity index (χ1) is 11.6. The van der Waals surface area contributed by atoms with Crippen LogP contribution in [0.3, 0.4) is 0 Å². The molecular formula is C16H15Cl3N2O3S. The maximum absolute atomic E-state index is 12.4. The van der Waals surface area contributed by atoms with Gasteiger partial charge in [-0.15, -0.1) is 0 Å². The Labute approximate surface area is 161 Å². The van der Waals surface area contributed by atoms with Crippen LogP contribution < -0.4 is 10.0 Å². The number of hydrogen-bond donors (Lipinski definition) is 2. The van der Waals surface area contributed by atoms with Crippen LogP contribution in [0.4, 0.5) is 5.69 Å². The Balaban J connectivity index is 2.39. The molecule has 0 spiro atoms. The molecule has 0 aromatic heterocycles. The third-order valence-electron chi connectivity index (χ3n) is 3.05. The van der Waals surface area contributed by atoms with Crippen LogP contribution in [0.2, 0.25) is 15.1 Å². The molecule has 0 aliphatic rings. The summed E-state index contributed by atoms with van der Waals surface area (Å²) in [7, 11) is -3.88. The summed E-state index contributed by atoms with van der Waals surface area (Å²) in [5, 5.41) is 3.12. The Bertz CT molecular complexity index is 898. The van der Waals surface area contributed by atoms with Crippen molar-refractivity contribution in [3.63, 3.8) is 0 Å². The smallest absolute Gasteiger partial charge is 0.257 e. The van der Waals surface area contributed by atoms with Crippen molar-refractivity contribution in [3.05, 3.63) is 57.0 Å². The van der Waals surface area contributed by atoms with Gasteiger partial charge in [0.25, 0.3) is 5.91 Å². The SMILES string of the molecule is CC(C)NS(=O)(=O)c1cc(C(=O)Nc2ccc(Cl)cc2)c(Cl)cc1Cl. The summed E-state index contributed by atoms with van der Waals surface area (Å²) in [5.74, 6) is -0.565. The summed E-state index contributed by atoms with van der Waals surface area (Å²) in [6.07, 6.45) is 0. The van der Waals surface area contributed by atoms with Gasteiger partial charge in [-0.25, -0.2) is 13.1 Å². The van der Waals surface area contributed by atoms with Gasteiger partial charge in [0.05, 0.1) is 15.6 Å². The summed E-state index contributed by atoms with van der Waals surface area (Å²) in [6, 6.07) is 8.51. The van der Waals surface area contributed by atoms with Gasteiger partial charge in [0.15, 0.2) is 0 Å². The van der Waals surface area contributed by atoms with Gasteiger partial charge < -0.3 is 5.32 Å². The molecule has 2 aromatic carbocycles. The van der Waals surface area contributed by atoms with Crippen LogP contribution in [-0.2, 0) is 10.0 Å². The number of carbonyl (C=O) groups excluding carboxylic acids is 1. The Kier molecular flexibility index (Phi) is 6.35. The van der Waals surface area contributed by atoms with Crippen molar-refractivity contribution in [2.75, 3.05) is 5.32 Å². The summed E-state index contributed by atoms with van der Waals surface area (Å²) in [4.78, 5) is 12.2. The zero-order chi connectivity index (χ0) is 18.8. The minimum atomic E-state index is -3.88. The molecule has 0 radical (unpaired) electrons. The number of amides is 1. The standard InChI is InChI=1S/C16H15Cl3N2O3S/c1-9(2)21-25(23,24)15-7-12(13(18)8-14(15)19)16(22)20-11-5-3-10(17)4-6-11/h3-9,21H,1-2H3,(H,20,22). The summed E-state index contributed by atoms with van der Waals surface area (Å²) >= 11 is 17.9. The van der Waals surface area contributed by atoms with Crippen molar-refractivity contribution in [1.82, 2.24) is 4.72 Å². The molecule has 0 atom stereocenters. The third-order valence-corrected chi connectivity index (χ3v) is 5.74. The first-order valence-corrected chi connectivity index (χ1v) is 9.80. The predicted molar refractivity (Wildman–Crippen MR) is 101 cm³/mol. The van der Waals surface area contributed by atoms with Crippen molar-refractivity contribution < 1.29 is 13.2 Å². The number of hydrogen-bond acceptors (Lipinski definition) is 3. The van der Waals surface area contributed by atoms with E-state index in [1.165, 1.54) is 6.07 Å². The fourth-order valence-electron chi connectivity index (χ4n) is 2.01. The average Bonchev–Trinajstić information content (AvgIpc) is 2.47. The minimum Gasteiger partial charge on any atom is -0.322 e. The number of nitrogens with one attached hydrogen (secondary N) is 2. The monoisotopic (exact) mass is 420 g/mol. The quantitative estimate of drug-likeness (QED) is 0.741. The van der Waals surface area contributed by atoms with Gasteiger partial charge in [0.2, 0.25) is 10.0 Å². The molecule has 2 rings (SSSR count). The van der Waals surface area contributed by atoms with Gasteiger partial charge in [0, 0.05) is 16.8 Å². The topological polar surface area (TPSA) is 75.3 Å². The second-order valence-electron chi connectivity index (χ2n) is 5.50. The van der Waals surface area contributed by atoms with Crippen molar-refractivity contribution in [3.8, 4) is 0 Å². The molecule has 0 bridgehead atoms. The van der Waals surface area contributed by atoms with Gasteiger partial charge in [-0.3, -0.25) is 4.79 Å². The summed E-state index contributed by atoms with van der Waals surface area (Å²) in [6.45, 7) is 3.35. The number of sulfonamides is 1. The van der Waals surface area contributed by atoms with Gasteiger partial charge in [0.1, 0.15) is 4.90 Å². The number of anilines is 1. The van der Waals surface area contributed by atoms with Crippen molar-refractivity contribution in [2.24, 2.45) is 0 Å². The Morgan fingerprint density at radius 2 is 1.60 bits per heavy atom. The van der Waals surface area contributed by atoms with Crippen LogP contribution in [-0.4, -0.2) is 20.4 Å². The van der Waals surface area contributed by atoms with E-state index in [1.54, 1.807) is 38.1 Å². The van der Waals surface area contributed by atoms with Crippen LogP contribution in [0.1, 0.15) is 24.2 Å². The van der Waals surface area contributed by atoms with Crippen molar-refractivity contribution in [2.45, 2.75) is 24.8 Å². The Morgan fingerprint density at radius 1 is 1.00 bits per heavy atom. The van der Waals surface area contributed by atoms with Crippen LogP contribution in [0, 0.1) is 0 Å². The van der Waals surface area contributed by atoms with Crippen LogP contribution in [0.15, 0.2) is 41.3 Å². The number of carbonyl (C=O) groups is 1. The van der Waals surface area contributed by atoms with E-state index in [2.05, 4.69) is 10.0 Å². The normalized spacial score (nSPS) is 11.6. The molecule has 1 amide bonds. The molecule has 25 heavy (non-hydrogen) atoms. The average molecular weight is 422 g/mol. The van der Waals surface area contributed by atoms with Crippen molar-refractivity contribution >= 4 is 56.4 Å². The van der Waals surface area contributed by atoms with Crippen LogP contribution in [0.5, 0.6) is 0 Å². The van der Waals surface area contributed by atoms with Gasteiger partial charge in [-0.1, -0.05) is 34.8 Å². The van der Waals surface area contributed by atoms with Crippen LogP contribution in [0.25, 0.3) is 0 Å². The first kappa shape index (κ1) is 20.0. The van der Waals surface area contributed by atoms with E-state index in [9.17, 15) is 13.2 Å². The maximum atomic E-state index is 12.4. The molecule has 2 N–H and O–H groups in total. The lowest BCUT2D eigenvalue weighted by Gasteiger charge is -2.13. The highest BCUT2D eigenvalue weighted by Gasteiger charge is 2.23. The van der Waals surface area contributed by atoms with Crippen molar-refractivity contribution in [1.29, 1.82) is 0 Å². The lowest BCUT2D eigenvalue weighted by molar-refractivity contribution is 0.102. The fourth-order valence-corrected chi connectivity index (χ4v) is 4.25. The lowest BCUT2D eigenvalue weighted by atomic mass is 10.2. The highest BCUT2D eigenvalue weighted by molar-refractivity contribution is 7.89. The molecule has 0 unspecified atom stereocenters. The molecule has 0 aliphatic carbocycles. The van der Waals surface area contributed by atoms with Gasteiger partial charge in [-0.2, -0.15) is 0 Å². The van der Waals surface area contributed by atoms with E-state index in [0.29, 0.717) is 10.7 Å². The van der Waals surface area contributed by atoms with Gasteiger partial charge in [-0.05, 0) is 50.2 Å². The molecule has 134 valence electrons. The highest BCUT2D eigenvalue weighted by atomic mass is 35.5. The molecule has 0 saturated carbocycles. The maximum Gasteiger partial charge on any atom is 0.257 e. The van der Waals surface area contributed by atoms with Gasteiger partial charge >= 0.3 is 0 Å². The summed E-state index contributed by atoms with van der Waals surface area (Å²) < 4.78 is 27.1. The van der Waals surface area contributed by atoms with E-state index in [1.807, 2.05) is 0 Å². The molecule has 0 saturated heterocycles. The number of halogens is 3. The van der Waals surface area contributed by atoms with E-state index >= 15 is 0 Å².